The monoisotopic (exact) mass is 774 g/mol. The van der Waals surface area contributed by atoms with Crippen LogP contribution in [0.4, 0.5) is 20.3 Å². The number of fused-ring (bicyclic) bond motifs is 4. The molecule has 2 bridgehead atoms. The molecule has 0 radical (unpaired) electrons. The number of carboxylic acids is 1. The van der Waals surface area contributed by atoms with Crippen molar-refractivity contribution in [3.8, 4) is 28.3 Å². The number of methoxy groups -OCH3 is 1. The molecule has 5 aromatic rings. The van der Waals surface area contributed by atoms with Crippen LogP contribution in [0, 0.1) is 10.8 Å². The molecule has 14 heteroatoms. The molecule has 54 heavy (non-hydrogen) atoms. The van der Waals surface area contributed by atoms with Crippen LogP contribution in [0.1, 0.15) is 61.8 Å². The van der Waals surface area contributed by atoms with Crippen molar-refractivity contribution < 1.29 is 23.4 Å². The number of nitrogens with one attached hydrogen (secondary N) is 1. The van der Waals surface area contributed by atoms with Gasteiger partial charge in [-0.05, 0) is 80.7 Å². The lowest BCUT2D eigenvalue weighted by molar-refractivity contribution is -0.148. The minimum atomic E-state index is -2.87. The van der Waals surface area contributed by atoms with Crippen molar-refractivity contribution in [3.05, 3.63) is 91.9 Å². The smallest absolute Gasteiger partial charge is 0.309 e. The number of aliphatic carboxylic acids is 1. The molecule has 2 fully saturated rings. The SMILES string of the molecule is COc1nc(-c2cccc(-c3cccc(Nc4nc(C(F)F)cc5cnn(C)c(=O)c45)c3Cl)c2Cl)cc2c1CCN(CCC13CCC(C(=O)O)(CC1)C3)C2. The van der Waals surface area contributed by atoms with Crippen molar-refractivity contribution in [2.45, 2.75) is 57.9 Å². The molecule has 8 rings (SSSR count). The second-order valence-corrected chi connectivity index (χ2v) is 15.6. The number of hydrogen-bond donors (Lipinski definition) is 2. The first-order chi connectivity index (χ1) is 25.9. The predicted molar refractivity (Wildman–Crippen MR) is 204 cm³/mol. The average Bonchev–Trinajstić information content (AvgIpc) is 3.74. The summed E-state index contributed by atoms with van der Waals surface area (Å²) in [6.07, 6.45) is 4.58. The molecule has 2 saturated carbocycles. The van der Waals surface area contributed by atoms with Gasteiger partial charge in [0.1, 0.15) is 11.5 Å². The zero-order chi connectivity index (χ0) is 37.9. The fourth-order valence-electron chi connectivity index (χ4n) is 8.83. The van der Waals surface area contributed by atoms with E-state index >= 15 is 0 Å². The van der Waals surface area contributed by atoms with E-state index in [1.54, 1.807) is 25.3 Å². The van der Waals surface area contributed by atoms with Crippen LogP contribution in [0.2, 0.25) is 10.0 Å². The number of aromatic nitrogens is 4. The van der Waals surface area contributed by atoms with E-state index in [1.165, 1.54) is 13.2 Å². The van der Waals surface area contributed by atoms with Crippen molar-refractivity contribution >= 4 is 51.4 Å². The number of nitrogens with zero attached hydrogens (tertiary/aromatic N) is 5. The number of anilines is 2. The van der Waals surface area contributed by atoms with E-state index in [2.05, 4.69) is 26.4 Å². The average molecular weight is 776 g/mol. The lowest BCUT2D eigenvalue weighted by Gasteiger charge is -2.33. The Morgan fingerprint density at radius 1 is 1.04 bits per heavy atom. The minimum absolute atomic E-state index is 0.0661. The normalized spacial score (nSPS) is 20.8. The summed E-state index contributed by atoms with van der Waals surface area (Å²) in [5.74, 6) is -0.148. The second-order valence-electron chi connectivity index (χ2n) is 14.9. The Morgan fingerprint density at radius 3 is 2.46 bits per heavy atom. The third-order valence-electron chi connectivity index (χ3n) is 11.8. The van der Waals surface area contributed by atoms with Crippen molar-refractivity contribution in [2.24, 2.45) is 17.9 Å². The summed E-state index contributed by atoms with van der Waals surface area (Å²) in [7, 11) is 3.09. The van der Waals surface area contributed by atoms with Crippen molar-refractivity contribution in [1.82, 2.24) is 24.6 Å². The number of halogens is 4. The minimum Gasteiger partial charge on any atom is -0.481 e. The Labute approximate surface area is 320 Å². The fourth-order valence-corrected chi connectivity index (χ4v) is 9.43. The van der Waals surface area contributed by atoms with Crippen molar-refractivity contribution in [2.75, 3.05) is 25.5 Å². The van der Waals surface area contributed by atoms with Crippen LogP contribution < -0.4 is 15.6 Å². The molecule has 0 atom stereocenters. The van der Waals surface area contributed by atoms with Gasteiger partial charge in [-0.2, -0.15) is 5.10 Å². The quantitative estimate of drug-likeness (QED) is 0.143. The Hall–Kier alpha value is -4.65. The standard InChI is InChI=1S/C40H38Cl2F2N6O4/c1-49-37(51)31-22(19-45-49)17-30(34(43)44)47-35(31)46-28-8-4-6-26(33(28)42)25-5-3-7-27(32(25)41)29-18-23-20-50(15-9-24(23)36(48-29)54-2)16-14-39-10-12-40(21-39,13-11-39)38(52)53/h3-8,17-19,34H,9-16,20-21H2,1-2H3,(H,46,47)(H,52,53). The Morgan fingerprint density at radius 2 is 1.76 bits per heavy atom. The van der Waals surface area contributed by atoms with Crippen LogP contribution in [0.15, 0.2) is 59.5 Å². The number of aryl methyl sites for hydroxylation is 1. The maximum atomic E-state index is 13.8. The van der Waals surface area contributed by atoms with Gasteiger partial charge in [0.15, 0.2) is 0 Å². The topological polar surface area (TPSA) is 122 Å². The van der Waals surface area contributed by atoms with Gasteiger partial charge < -0.3 is 15.2 Å². The van der Waals surface area contributed by atoms with E-state index in [1.807, 2.05) is 18.2 Å². The molecule has 3 aliphatic rings. The third-order valence-corrected chi connectivity index (χ3v) is 12.6. The number of benzene rings is 2. The van der Waals surface area contributed by atoms with Crippen LogP contribution in [-0.4, -0.2) is 55.9 Å². The summed E-state index contributed by atoms with van der Waals surface area (Å²) < 4.78 is 34.6. The third kappa shape index (κ3) is 6.27. The molecule has 1 aliphatic heterocycles. The number of alkyl halides is 2. The molecular formula is C40H38Cl2F2N6O4. The van der Waals surface area contributed by atoms with E-state index in [0.717, 1.165) is 79.9 Å². The Kier molecular flexibility index (Phi) is 9.34. The maximum Gasteiger partial charge on any atom is 0.309 e. The highest BCUT2D eigenvalue weighted by Gasteiger charge is 2.57. The molecule has 0 spiro atoms. The van der Waals surface area contributed by atoms with Crippen LogP contribution in [0.25, 0.3) is 33.2 Å². The lowest BCUT2D eigenvalue weighted by Crippen LogP contribution is -2.34. The van der Waals surface area contributed by atoms with Gasteiger partial charge in [-0.1, -0.05) is 53.5 Å². The number of ether oxygens (including phenoxy) is 1. The van der Waals surface area contributed by atoms with Gasteiger partial charge in [0.25, 0.3) is 12.0 Å². The van der Waals surface area contributed by atoms with Gasteiger partial charge in [-0.25, -0.2) is 23.4 Å². The van der Waals surface area contributed by atoms with Crippen LogP contribution in [0.5, 0.6) is 5.88 Å². The van der Waals surface area contributed by atoms with Crippen molar-refractivity contribution in [1.29, 1.82) is 0 Å². The lowest BCUT2D eigenvalue weighted by atomic mass is 9.80. The molecule has 0 amide bonds. The van der Waals surface area contributed by atoms with Gasteiger partial charge in [-0.15, -0.1) is 0 Å². The largest absolute Gasteiger partial charge is 0.481 e. The summed E-state index contributed by atoms with van der Waals surface area (Å²) in [4.78, 5) is 36.5. The van der Waals surface area contributed by atoms with Crippen molar-refractivity contribution in [3.63, 3.8) is 0 Å². The van der Waals surface area contributed by atoms with Gasteiger partial charge in [0, 0.05) is 47.8 Å². The first kappa shape index (κ1) is 36.3. The first-order valence-electron chi connectivity index (χ1n) is 17.9. The predicted octanol–water partition coefficient (Wildman–Crippen LogP) is 8.84. The maximum absolute atomic E-state index is 13.8. The summed E-state index contributed by atoms with van der Waals surface area (Å²) in [5.41, 5.74) is 3.61. The molecule has 3 aromatic heterocycles. The Bertz CT molecular complexity index is 2380. The molecule has 0 unspecified atom stereocenters. The summed E-state index contributed by atoms with van der Waals surface area (Å²) in [5, 5.41) is 17.9. The molecule has 0 saturated heterocycles. The van der Waals surface area contributed by atoms with Crippen LogP contribution >= 0.6 is 23.2 Å². The highest BCUT2D eigenvalue weighted by molar-refractivity contribution is 6.39. The fraction of sp³-hybridized carbons (Fsp3) is 0.375. The molecule has 2 N–H and O–H groups in total. The van der Waals surface area contributed by atoms with Crippen LogP contribution in [-0.2, 0) is 24.8 Å². The highest BCUT2D eigenvalue weighted by atomic mass is 35.5. The van der Waals surface area contributed by atoms with Gasteiger partial charge >= 0.3 is 5.97 Å². The molecule has 4 heterocycles. The van der Waals surface area contributed by atoms with Gasteiger partial charge in [0.2, 0.25) is 5.88 Å². The zero-order valence-electron chi connectivity index (χ0n) is 29.8. The summed E-state index contributed by atoms with van der Waals surface area (Å²) in [6.45, 7) is 2.48. The van der Waals surface area contributed by atoms with Crippen LogP contribution in [0.3, 0.4) is 0 Å². The number of pyridine rings is 2. The number of carbonyl (C=O) groups is 1. The number of carboxylic acid groups (broad SMARTS) is 1. The van der Waals surface area contributed by atoms with Gasteiger partial charge in [-0.3, -0.25) is 14.5 Å². The van der Waals surface area contributed by atoms with E-state index in [9.17, 15) is 23.5 Å². The zero-order valence-corrected chi connectivity index (χ0v) is 31.3. The first-order valence-corrected chi connectivity index (χ1v) is 18.7. The molecular weight excluding hydrogens is 737 g/mol. The van der Waals surface area contributed by atoms with E-state index in [-0.39, 0.29) is 27.0 Å². The second kappa shape index (κ2) is 13.9. The Balaban J connectivity index is 1.09. The molecule has 280 valence electrons. The van der Waals surface area contributed by atoms with E-state index in [4.69, 9.17) is 32.9 Å². The summed E-state index contributed by atoms with van der Waals surface area (Å²) >= 11 is 14.2. The van der Waals surface area contributed by atoms with E-state index < -0.39 is 29.1 Å². The van der Waals surface area contributed by atoms with E-state index in [0.29, 0.717) is 45.5 Å². The van der Waals surface area contributed by atoms with Gasteiger partial charge in [0.05, 0.1) is 45.5 Å². The molecule has 2 aromatic carbocycles. The molecule has 2 aliphatic carbocycles. The highest BCUT2D eigenvalue weighted by Crippen LogP contribution is 2.63. The number of hydrogen-bond acceptors (Lipinski definition) is 8. The number of rotatable bonds is 10. The summed E-state index contributed by atoms with van der Waals surface area (Å²) in [6, 6.07) is 14.0. The molecule has 10 nitrogen and oxygen atoms in total.